The summed E-state index contributed by atoms with van der Waals surface area (Å²) in [5.74, 6) is 3.08. The maximum absolute atomic E-state index is 5.49. The first-order chi connectivity index (χ1) is 8.58. The van der Waals surface area contributed by atoms with Gasteiger partial charge in [0.1, 0.15) is 22.0 Å². The van der Waals surface area contributed by atoms with Gasteiger partial charge in [0, 0.05) is 12.5 Å². The Morgan fingerprint density at radius 2 is 2.06 bits per heavy atom. The Balaban J connectivity index is 2.07. The van der Waals surface area contributed by atoms with Gasteiger partial charge in [-0.1, -0.05) is 6.92 Å². The molecule has 1 N–H and O–H groups in total. The van der Waals surface area contributed by atoms with Crippen molar-refractivity contribution in [2.24, 2.45) is 0 Å². The number of rotatable bonds is 4. The van der Waals surface area contributed by atoms with Gasteiger partial charge in [0.2, 0.25) is 5.89 Å². The number of hydrogen-bond donors (Lipinski definition) is 1. The van der Waals surface area contributed by atoms with Crippen LogP contribution in [0.1, 0.15) is 30.1 Å². The van der Waals surface area contributed by atoms with Crippen molar-refractivity contribution in [2.75, 3.05) is 5.32 Å². The second-order valence-corrected chi connectivity index (χ2v) is 4.76. The molecule has 0 unspecified atom stereocenters. The van der Waals surface area contributed by atoms with Gasteiger partial charge in [0.05, 0.1) is 12.2 Å². The molecular formula is C12H15BrN4O. The van der Waals surface area contributed by atoms with Crippen LogP contribution in [0, 0.1) is 13.8 Å². The van der Waals surface area contributed by atoms with Crippen LogP contribution in [0.15, 0.2) is 15.1 Å². The number of aryl methyl sites for hydroxylation is 3. The molecule has 6 heteroatoms. The Labute approximate surface area is 114 Å². The molecule has 0 spiro atoms. The smallest absolute Gasteiger partial charge is 0.213 e. The first-order valence-corrected chi connectivity index (χ1v) is 6.58. The number of aromatic nitrogens is 3. The third-order valence-electron chi connectivity index (χ3n) is 2.55. The summed E-state index contributed by atoms with van der Waals surface area (Å²) in [6, 6.07) is 1.84. The van der Waals surface area contributed by atoms with Gasteiger partial charge < -0.3 is 9.73 Å². The Hall–Kier alpha value is -1.43. The van der Waals surface area contributed by atoms with Crippen molar-refractivity contribution < 1.29 is 4.42 Å². The minimum absolute atomic E-state index is 0.515. The predicted octanol–water partition coefficient (Wildman–Crippen LogP) is 3.02. The van der Waals surface area contributed by atoms with Crippen molar-refractivity contribution in [3.63, 3.8) is 0 Å². The molecule has 2 heterocycles. The van der Waals surface area contributed by atoms with Crippen molar-refractivity contribution in [1.29, 1.82) is 0 Å². The molecule has 0 radical (unpaired) electrons. The van der Waals surface area contributed by atoms with Crippen LogP contribution in [-0.2, 0) is 13.0 Å². The van der Waals surface area contributed by atoms with Crippen LogP contribution in [0.3, 0.4) is 0 Å². The molecule has 0 saturated carbocycles. The maximum atomic E-state index is 5.49. The molecule has 96 valence electrons. The summed E-state index contributed by atoms with van der Waals surface area (Å²) in [6.45, 7) is 6.37. The minimum Gasteiger partial charge on any atom is -0.444 e. The van der Waals surface area contributed by atoms with E-state index in [0.717, 1.165) is 34.1 Å². The van der Waals surface area contributed by atoms with E-state index in [-0.39, 0.29) is 0 Å². The number of nitrogens with one attached hydrogen (secondary N) is 1. The average molecular weight is 311 g/mol. The van der Waals surface area contributed by atoms with E-state index in [0.29, 0.717) is 12.4 Å². The van der Waals surface area contributed by atoms with Gasteiger partial charge in [-0.15, -0.1) is 0 Å². The Bertz CT molecular complexity index is 534. The van der Waals surface area contributed by atoms with Gasteiger partial charge >= 0.3 is 0 Å². The van der Waals surface area contributed by atoms with Crippen LogP contribution in [0.2, 0.25) is 0 Å². The minimum atomic E-state index is 0.515. The van der Waals surface area contributed by atoms with Gasteiger partial charge in [-0.05, 0) is 29.8 Å². The van der Waals surface area contributed by atoms with E-state index >= 15 is 0 Å². The Kier molecular flexibility index (Phi) is 3.96. The van der Waals surface area contributed by atoms with Crippen molar-refractivity contribution >= 4 is 21.7 Å². The van der Waals surface area contributed by atoms with E-state index < -0.39 is 0 Å². The molecule has 5 nitrogen and oxygen atoms in total. The molecule has 2 rings (SSSR count). The summed E-state index contributed by atoms with van der Waals surface area (Å²) in [7, 11) is 0. The molecule has 0 aliphatic carbocycles. The molecule has 2 aromatic heterocycles. The highest BCUT2D eigenvalue weighted by Crippen LogP contribution is 2.14. The second-order valence-electron chi connectivity index (χ2n) is 3.95. The van der Waals surface area contributed by atoms with E-state index in [1.54, 1.807) is 0 Å². The van der Waals surface area contributed by atoms with Crippen LogP contribution in [-0.4, -0.2) is 15.0 Å². The quantitative estimate of drug-likeness (QED) is 0.879. The predicted molar refractivity (Wildman–Crippen MR) is 72.4 cm³/mol. The number of hydrogen-bond acceptors (Lipinski definition) is 5. The zero-order valence-electron chi connectivity index (χ0n) is 10.6. The lowest BCUT2D eigenvalue weighted by molar-refractivity contribution is 0.478. The van der Waals surface area contributed by atoms with E-state index in [1.807, 2.05) is 26.8 Å². The van der Waals surface area contributed by atoms with E-state index in [4.69, 9.17) is 4.42 Å². The number of anilines is 1. The molecule has 0 amide bonds. The topological polar surface area (TPSA) is 63.8 Å². The summed E-state index contributed by atoms with van der Waals surface area (Å²) < 4.78 is 6.27. The van der Waals surface area contributed by atoms with Crippen LogP contribution in [0.25, 0.3) is 0 Å². The summed E-state index contributed by atoms with van der Waals surface area (Å²) in [6.07, 6.45) is 0.797. The highest BCUT2D eigenvalue weighted by molar-refractivity contribution is 9.10. The van der Waals surface area contributed by atoms with E-state index in [2.05, 4.69) is 36.2 Å². The Morgan fingerprint density at radius 3 is 2.67 bits per heavy atom. The molecule has 0 fully saturated rings. The molecule has 0 atom stereocenters. The zero-order valence-corrected chi connectivity index (χ0v) is 12.2. The molecule has 18 heavy (non-hydrogen) atoms. The van der Waals surface area contributed by atoms with Crippen LogP contribution in [0.5, 0.6) is 0 Å². The summed E-state index contributed by atoms with van der Waals surface area (Å²) in [4.78, 5) is 12.9. The fraction of sp³-hybridized carbons (Fsp3) is 0.417. The third-order valence-corrected chi connectivity index (χ3v) is 2.96. The SMILES string of the molecule is CCc1nc(Br)cc(NCc2nc(C)c(C)o2)n1. The molecule has 2 aromatic rings. The first kappa shape index (κ1) is 13.0. The molecule has 0 aromatic carbocycles. The monoisotopic (exact) mass is 310 g/mol. The lowest BCUT2D eigenvalue weighted by Gasteiger charge is -2.05. The normalized spacial score (nSPS) is 10.7. The molecule has 0 bridgehead atoms. The summed E-state index contributed by atoms with van der Waals surface area (Å²) >= 11 is 3.37. The number of nitrogens with zero attached hydrogens (tertiary/aromatic N) is 3. The van der Waals surface area contributed by atoms with Crippen LogP contribution in [0.4, 0.5) is 5.82 Å². The first-order valence-electron chi connectivity index (χ1n) is 5.78. The number of halogens is 1. The summed E-state index contributed by atoms with van der Waals surface area (Å²) in [5, 5.41) is 3.18. The van der Waals surface area contributed by atoms with Gasteiger partial charge in [0.15, 0.2) is 0 Å². The molecule has 0 saturated heterocycles. The standard InChI is InChI=1S/C12H15BrN4O/c1-4-10-16-9(13)5-11(17-10)14-6-12-15-7(2)8(3)18-12/h5H,4,6H2,1-3H3,(H,14,16,17). The lowest BCUT2D eigenvalue weighted by atomic mass is 10.4. The zero-order chi connectivity index (χ0) is 13.1. The fourth-order valence-electron chi connectivity index (χ4n) is 1.49. The number of oxazole rings is 1. The van der Waals surface area contributed by atoms with Crippen molar-refractivity contribution in [1.82, 2.24) is 15.0 Å². The largest absolute Gasteiger partial charge is 0.444 e. The second kappa shape index (κ2) is 5.48. The third kappa shape index (κ3) is 3.07. The van der Waals surface area contributed by atoms with Crippen molar-refractivity contribution in [3.05, 3.63) is 33.8 Å². The Morgan fingerprint density at radius 1 is 1.28 bits per heavy atom. The maximum Gasteiger partial charge on any atom is 0.213 e. The molecule has 0 aliphatic heterocycles. The van der Waals surface area contributed by atoms with Crippen molar-refractivity contribution in [3.8, 4) is 0 Å². The van der Waals surface area contributed by atoms with Gasteiger partial charge in [-0.25, -0.2) is 15.0 Å². The van der Waals surface area contributed by atoms with Crippen LogP contribution >= 0.6 is 15.9 Å². The lowest BCUT2D eigenvalue weighted by Crippen LogP contribution is -2.04. The molecule has 0 aliphatic rings. The van der Waals surface area contributed by atoms with E-state index in [9.17, 15) is 0 Å². The van der Waals surface area contributed by atoms with Gasteiger partial charge in [-0.2, -0.15) is 0 Å². The van der Waals surface area contributed by atoms with Gasteiger partial charge in [0.25, 0.3) is 0 Å². The van der Waals surface area contributed by atoms with Gasteiger partial charge in [-0.3, -0.25) is 0 Å². The summed E-state index contributed by atoms with van der Waals surface area (Å²) in [5.41, 5.74) is 0.921. The van der Waals surface area contributed by atoms with Crippen molar-refractivity contribution in [2.45, 2.75) is 33.7 Å². The van der Waals surface area contributed by atoms with E-state index in [1.165, 1.54) is 0 Å². The average Bonchev–Trinajstić information content (AvgIpc) is 2.65. The molecular weight excluding hydrogens is 296 g/mol. The fourth-order valence-corrected chi connectivity index (χ4v) is 1.92. The highest BCUT2D eigenvalue weighted by Gasteiger charge is 2.06. The highest BCUT2D eigenvalue weighted by atomic mass is 79.9. The van der Waals surface area contributed by atoms with Crippen LogP contribution < -0.4 is 5.32 Å².